The minimum Gasteiger partial charge on any atom is -0.495 e. The number of nitrogens with zero attached hydrogens (tertiary/aromatic N) is 1. The summed E-state index contributed by atoms with van der Waals surface area (Å²) in [6.45, 7) is 2.95. The molecular formula is C18H21ClN3O4+. The molecule has 1 fully saturated rings. The predicted molar refractivity (Wildman–Crippen MR) is 96.8 cm³/mol. The first-order valence-electron chi connectivity index (χ1n) is 8.36. The van der Waals surface area contributed by atoms with Crippen LogP contribution in [0, 0.1) is 0 Å². The van der Waals surface area contributed by atoms with Crippen LogP contribution in [-0.4, -0.2) is 56.5 Å². The van der Waals surface area contributed by atoms with Crippen LogP contribution in [0.25, 0.3) is 0 Å². The van der Waals surface area contributed by atoms with Crippen molar-refractivity contribution < 1.29 is 23.6 Å². The minimum absolute atomic E-state index is 0.0907. The fourth-order valence-electron chi connectivity index (χ4n) is 2.94. The van der Waals surface area contributed by atoms with Crippen LogP contribution in [0.5, 0.6) is 5.75 Å². The van der Waals surface area contributed by atoms with E-state index in [1.54, 1.807) is 42.3 Å². The van der Waals surface area contributed by atoms with Gasteiger partial charge in [0, 0.05) is 5.69 Å². The molecule has 2 aromatic rings. The Balaban J connectivity index is 1.47. The van der Waals surface area contributed by atoms with Crippen molar-refractivity contribution in [2.45, 2.75) is 0 Å². The maximum Gasteiger partial charge on any atom is 0.289 e. The average Bonchev–Trinajstić information content (AvgIpc) is 3.16. The summed E-state index contributed by atoms with van der Waals surface area (Å²) in [6, 6.07) is 8.48. The molecule has 2 heterocycles. The zero-order chi connectivity index (χ0) is 18.5. The van der Waals surface area contributed by atoms with E-state index in [0.29, 0.717) is 54.9 Å². The summed E-state index contributed by atoms with van der Waals surface area (Å²) in [5.41, 5.74) is 0.631. The summed E-state index contributed by atoms with van der Waals surface area (Å²) >= 11 is 6.07. The number of ether oxygens (including phenoxy) is 1. The van der Waals surface area contributed by atoms with Crippen molar-refractivity contribution in [3.05, 3.63) is 47.4 Å². The number of methoxy groups -OCH3 is 1. The summed E-state index contributed by atoms with van der Waals surface area (Å²) in [5.74, 6) is 0.716. The normalized spacial score (nSPS) is 14.9. The fourth-order valence-corrected chi connectivity index (χ4v) is 3.19. The summed E-state index contributed by atoms with van der Waals surface area (Å²) in [7, 11) is 1.54. The summed E-state index contributed by atoms with van der Waals surface area (Å²) < 4.78 is 10.2. The number of carbonyl (C=O) groups excluding carboxylic acids is 2. The Morgan fingerprint density at radius 3 is 2.69 bits per heavy atom. The van der Waals surface area contributed by atoms with Crippen molar-refractivity contribution in [1.82, 2.24) is 4.90 Å². The van der Waals surface area contributed by atoms with Gasteiger partial charge in [-0.15, -0.1) is 0 Å². The molecule has 1 aliphatic heterocycles. The van der Waals surface area contributed by atoms with E-state index in [1.165, 1.54) is 6.26 Å². The van der Waals surface area contributed by atoms with Crippen molar-refractivity contribution in [3.63, 3.8) is 0 Å². The zero-order valence-electron chi connectivity index (χ0n) is 14.5. The number of hydrogen-bond acceptors (Lipinski definition) is 4. The summed E-state index contributed by atoms with van der Waals surface area (Å²) in [5, 5.41) is 3.29. The first kappa shape index (κ1) is 18.3. The highest BCUT2D eigenvalue weighted by atomic mass is 35.5. The van der Waals surface area contributed by atoms with E-state index in [-0.39, 0.29) is 11.8 Å². The van der Waals surface area contributed by atoms with Gasteiger partial charge in [-0.3, -0.25) is 9.59 Å². The monoisotopic (exact) mass is 378 g/mol. The molecule has 138 valence electrons. The number of hydrogen-bond donors (Lipinski definition) is 2. The number of amides is 2. The van der Waals surface area contributed by atoms with Gasteiger partial charge in [-0.2, -0.15) is 0 Å². The van der Waals surface area contributed by atoms with Crippen LogP contribution in [0.3, 0.4) is 0 Å². The number of quaternary nitrogens is 1. The van der Waals surface area contributed by atoms with Crippen molar-refractivity contribution in [1.29, 1.82) is 0 Å². The number of benzene rings is 1. The van der Waals surface area contributed by atoms with Gasteiger partial charge in [0.15, 0.2) is 12.3 Å². The Hall–Kier alpha value is -2.51. The average molecular weight is 379 g/mol. The molecule has 0 aliphatic carbocycles. The van der Waals surface area contributed by atoms with E-state index in [4.69, 9.17) is 20.8 Å². The quantitative estimate of drug-likeness (QED) is 0.811. The number of carbonyl (C=O) groups is 2. The van der Waals surface area contributed by atoms with E-state index in [2.05, 4.69) is 5.32 Å². The molecule has 3 rings (SSSR count). The smallest absolute Gasteiger partial charge is 0.289 e. The zero-order valence-corrected chi connectivity index (χ0v) is 15.2. The molecular weight excluding hydrogens is 358 g/mol. The number of rotatable bonds is 5. The largest absolute Gasteiger partial charge is 0.495 e. The summed E-state index contributed by atoms with van der Waals surface area (Å²) in [6.07, 6.45) is 1.49. The van der Waals surface area contributed by atoms with Crippen LogP contribution in [0.1, 0.15) is 10.6 Å². The van der Waals surface area contributed by atoms with E-state index < -0.39 is 0 Å². The molecule has 1 aliphatic rings. The molecule has 0 bridgehead atoms. The maximum absolute atomic E-state index is 12.2. The topological polar surface area (TPSA) is 76.2 Å². The molecule has 0 atom stereocenters. The highest BCUT2D eigenvalue weighted by Gasteiger charge is 2.27. The SMILES string of the molecule is COc1ccc(NC(=O)C[NH+]2CCN(C(=O)c3ccco3)CC2)cc1Cl. The molecule has 26 heavy (non-hydrogen) atoms. The molecule has 1 aromatic carbocycles. The van der Waals surface area contributed by atoms with E-state index in [1.807, 2.05) is 0 Å². The van der Waals surface area contributed by atoms with E-state index in [9.17, 15) is 9.59 Å². The lowest BCUT2D eigenvalue weighted by Crippen LogP contribution is -3.15. The van der Waals surface area contributed by atoms with Crippen LogP contribution < -0.4 is 15.0 Å². The maximum atomic E-state index is 12.2. The third-order valence-corrected chi connectivity index (χ3v) is 4.63. The second-order valence-electron chi connectivity index (χ2n) is 6.09. The number of halogens is 1. The Morgan fingerprint density at radius 1 is 1.31 bits per heavy atom. The second kappa shape index (κ2) is 8.25. The van der Waals surface area contributed by atoms with Crippen LogP contribution in [-0.2, 0) is 4.79 Å². The van der Waals surface area contributed by atoms with Gasteiger partial charge in [-0.05, 0) is 30.3 Å². The lowest BCUT2D eigenvalue weighted by Gasteiger charge is -2.31. The predicted octanol–water partition coefficient (Wildman–Crippen LogP) is 0.921. The second-order valence-corrected chi connectivity index (χ2v) is 6.50. The van der Waals surface area contributed by atoms with Gasteiger partial charge in [0.1, 0.15) is 5.75 Å². The van der Waals surface area contributed by atoms with Gasteiger partial charge in [0.05, 0.1) is 44.6 Å². The van der Waals surface area contributed by atoms with Crippen molar-refractivity contribution in [2.75, 3.05) is 45.2 Å². The van der Waals surface area contributed by atoms with Crippen LogP contribution >= 0.6 is 11.6 Å². The molecule has 8 heteroatoms. The van der Waals surface area contributed by atoms with Gasteiger partial charge in [0.2, 0.25) is 0 Å². The van der Waals surface area contributed by atoms with Gasteiger partial charge in [0.25, 0.3) is 11.8 Å². The molecule has 7 nitrogen and oxygen atoms in total. The first-order valence-corrected chi connectivity index (χ1v) is 8.74. The minimum atomic E-state index is -0.105. The van der Waals surface area contributed by atoms with Crippen LogP contribution in [0.4, 0.5) is 5.69 Å². The number of nitrogens with one attached hydrogen (secondary N) is 2. The van der Waals surface area contributed by atoms with Crippen molar-refractivity contribution >= 4 is 29.1 Å². The third kappa shape index (κ3) is 4.36. The van der Waals surface area contributed by atoms with Crippen LogP contribution in [0.15, 0.2) is 41.0 Å². The van der Waals surface area contributed by atoms with Crippen LogP contribution in [0.2, 0.25) is 5.02 Å². The lowest BCUT2D eigenvalue weighted by atomic mass is 10.2. The first-order chi connectivity index (χ1) is 12.6. The summed E-state index contributed by atoms with van der Waals surface area (Å²) in [4.78, 5) is 27.4. The Bertz CT molecular complexity index is 771. The standard InChI is InChI=1S/C18H20ClN3O4/c1-25-15-5-4-13(11-14(15)19)20-17(23)12-21-6-8-22(9-7-21)18(24)16-3-2-10-26-16/h2-5,10-11H,6-9,12H2,1H3,(H,20,23)/p+1. The van der Waals surface area contributed by atoms with E-state index >= 15 is 0 Å². The molecule has 2 N–H and O–H groups in total. The van der Waals surface area contributed by atoms with Crippen molar-refractivity contribution in [2.24, 2.45) is 0 Å². The number of anilines is 1. The molecule has 1 saturated heterocycles. The molecule has 2 amide bonds. The van der Waals surface area contributed by atoms with Gasteiger partial charge in [-0.1, -0.05) is 11.6 Å². The lowest BCUT2D eigenvalue weighted by molar-refractivity contribution is -0.895. The molecule has 0 unspecified atom stereocenters. The Labute approximate surface area is 156 Å². The highest BCUT2D eigenvalue weighted by molar-refractivity contribution is 6.32. The van der Waals surface area contributed by atoms with Gasteiger partial charge < -0.3 is 24.3 Å². The molecule has 0 saturated carbocycles. The Kier molecular flexibility index (Phi) is 5.80. The van der Waals surface area contributed by atoms with Gasteiger partial charge >= 0.3 is 0 Å². The molecule has 1 aromatic heterocycles. The highest BCUT2D eigenvalue weighted by Crippen LogP contribution is 2.27. The third-order valence-electron chi connectivity index (χ3n) is 4.34. The van der Waals surface area contributed by atoms with Crippen molar-refractivity contribution in [3.8, 4) is 5.75 Å². The van der Waals surface area contributed by atoms with E-state index in [0.717, 1.165) is 4.90 Å². The number of piperazine rings is 1. The van der Waals surface area contributed by atoms with Gasteiger partial charge in [-0.25, -0.2) is 0 Å². The Morgan fingerprint density at radius 2 is 2.08 bits per heavy atom. The number of furan rings is 1. The molecule has 0 radical (unpaired) electrons. The fraction of sp³-hybridized carbons (Fsp3) is 0.333. The molecule has 0 spiro atoms.